The van der Waals surface area contributed by atoms with Crippen molar-refractivity contribution in [1.29, 1.82) is 0 Å². The molecule has 0 radical (unpaired) electrons. The maximum absolute atomic E-state index is 2.74. The van der Waals surface area contributed by atoms with Gasteiger partial charge in [0.25, 0.3) is 0 Å². The summed E-state index contributed by atoms with van der Waals surface area (Å²) in [7, 11) is 0. The van der Waals surface area contributed by atoms with E-state index >= 15 is 0 Å². The Hall–Kier alpha value is -4.88. The summed E-state index contributed by atoms with van der Waals surface area (Å²) in [6.45, 7) is 7.33. The molecule has 9 aliphatic carbocycles. The molecule has 4 unspecified atom stereocenters. The molecule has 61 heavy (non-hydrogen) atoms. The molecule has 6 bridgehead atoms. The monoisotopic (exact) mass is 793 g/mol. The van der Waals surface area contributed by atoms with Crippen molar-refractivity contribution in [3.63, 3.8) is 0 Å². The van der Waals surface area contributed by atoms with Crippen molar-refractivity contribution in [1.82, 2.24) is 0 Å². The molecule has 6 fully saturated rings. The first kappa shape index (κ1) is 35.7. The smallest absolute Gasteiger partial charge is 0.0543 e. The molecular weight excluding hydrogens is 735 g/mol. The highest BCUT2D eigenvalue weighted by molar-refractivity contribution is 5.97. The third kappa shape index (κ3) is 4.39. The summed E-state index contributed by atoms with van der Waals surface area (Å²) < 4.78 is 0. The second kappa shape index (κ2) is 12.4. The normalized spacial score (nSPS) is 32.0. The van der Waals surface area contributed by atoms with Crippen molar-refractivity contribution in [3.05, 3.63) is 161 Å². The second-order valence-corrected chi connectivity index (χ2v) is 21.9. The molecule has 1 heteroatoms. The van der Waals surface area contributed by atoms with Gasteiger partial charge >= 0.3 is 0 Å². The standard InChI is InChI=1S/C60H59N/c1-4-39-28-36-13-11-14-40(29-36)59(39)53-20-10-7-17-48(53)57-54(59)21-12-22-56(57)61(43-24-26-51-49(34-43)46-16-5-8-18-50(46)58(51,2)3)44-23-25-47-45-15-6-9-19-52(45)60(55(47)35-44)41-30-37-27-38(32-41)33-42(60)31-37/h5-10,12,15-26,34-42H,4,11,13-14,27-33H2,1-3H3. The summed E-state index contributed by atoms with van der Waals surface area (Å²) >= 11 is 0. The van der Waals surface area contributed by atoms with Crippen molar-refractivity contribution in [2.45, 2.75) is 108 Å². The second-order valence-electron chi connectivity index (χ2n) is 21.9. The van der Waals surface area contributed by atoms with Crippen LogP contribution in [0.2, 0.25) is 0 Å². The molecule has 0 heterocycles. The van der Waals surface area contributed by atoms with Crippen LogP contribution in [0, 0.1) is 41.4 Å². The lowest BCUT2D eigenvalue weighted by Gasteiger charge is -2.61. The summed E-state index contributed by atoms with van der Waals surface area (Å²) in [5.41, 5.74) is 22.3. The topological polar surface area (TPSA) is 3.24 Å². The zero-order chi connectivity index (χ0) is 40.4. The van der Waals surface area contributed by atoms with E-state index in [4.69, 9.17) is 0 Å². The summed E-state index contributed by atoms with van der Waals surface area (Å²) in [5.74, 6) is 5.57. The van der Waals surface area contributed by atoms with Crippen molar-refractivity contribution in [2.24, 2.45) is 41.4 Å². The number of hydrogen-bond donors (Lipinski definition) is 0. The van der Waals surface area contributed by atoms with E-state index in [-0.39, 0.29) is 16.2 Å². The van der Waals surface area contributed by atoms with Crippen molar-refractivity contribution in [3.8, 4) is 33.4 Å². The summed E-state index contributed by atoms with van der Waals surface area (Å²) in [4.78, 5) is 2.74. The Morgan fingerprint density at radius 3 is 1.80 bits per heavy atom. The third-order valence-corrected chi connectivity index (χ3v) is 19.2. The molecule has 0 aliphatic heterocycles. The molecule has 1 nitrogen and oxygen atoms in total. The number of fused-ring (bicyclic) bond motifs is 14. The number of rotatable bonds is 4. The van der Waals surface area contributed by atoms with Crippen LogP contribution in [-0.4, -0.2) is 0 Å². The zero-order valence-electron chi connectivity index (χ0n) is 36.4. The van der Waals surface area contributed by atoms with E-state index in [0.29, 0.717) is 11.8 Å². The molecule has 4 atom stereocenters. The van der Waals surface area contributed by atoms with Crippen LogP contribution in [0.15, 0.2) is 127 Å². The minimum absolute atomic E-state index is 0.0339. The summed E-state index contributed by atoms with van der Waals surface area (Å²) in [6, 6.07) is 51.4. The average Bonchev–Trinajstić information content (AvgIpc) is 3.84. The predicted octanol–water partition coefficient (Wildman–Crippen LogP) is 15.7. The van der Waals surface area contributed by atoms with E-state index in [0.717, 1.165) is 29.6 Å². The zero-order valence-corrected chi connectivity index (χ0v) is 36.4. The molecule has 6 saturated carbocycles. The number of anilines is 3. The van der Waals surface area contributed by atoms with Gasteiger partial charge < -0.3 is 4.90 Å². The molecule has 15 rings (SSSR count). The van der Waals surface area contributed by atoms with Crippen LogP contribution in [0.3, 0.4) is 0 Å². The van der Waals surface area contributed by atoms with Crippen LogP contribution < -0.4 is 4.90 Å². The van der Waals surface area contributed by atoms with Gasteiger partial charge in [-0.25, -0.2) is 0 Å². The van der Waals surface area contributed by atoms with Gasteiger partial charge in [0.05, 0.1) is 5.69 Å². The quantitative estimate of drug-likeness (QED) is 0.172. The maximum atomic E-state index is 2.74. The van der Waals surface area contributed by atoms with Crippen molar-refractivity contribution < 1.29 is 0 Å². The van der Waals surface area contributed by atoms with Gasteiger partial charge in [0.2, 0.25) is 0 Å². The average molecular weight is 794 g/mol. The highest BCUT2D eigenvalue weighted by Gasteiger charge is 2.62. The van der Waals surface area contributed by atoms with Gasteiger partial charge in [-0.15, -0.1) is 0 Å². The first-order valence-electron chi connectivity index (χ1n) is 24.4. The van der Waals surface area contributed by atoms with E-state index in [2.05, 4.69) is 153 Å². The van der Waals surface area contributed by atoms with E-state index in [1.54, 1.807) is 22.3 Å². The van der Waals surface area contributed by atoms with Crippen LogP contribution in [0.25, 0.3) is 33.4 Å². The molecule has 0 aromatic heterocycles. The molecule has 9 aliphatic rings. The van der Waals surface area contributed by atoms with Gasteiger partial charge in [-0.3, -0.25) is 0 Å². The highest BCUT2D eigenvalue weighted by atomic mass is 15.1. The van der Waals surface area contributed by atoms with E-state index in [9.17, 15) is 0 Å². The Labute approximate surface area is 363 Å². The minimum Gasteiger partial charge on any atom is -0.310 e. The van der Waals surface area contributed by atoms with Gasteiger partial charge in [-0.1, -0.05) is 137 Å². The molecule has 0 saturated heterocycles. The molecule has 2 spiro atoms. The van der Waals surface area contributed by atoms with Crippen LogP contribution in [0.4, 0.5) is 17.1 Å². The maximum Gasteiger partial charge on any atom is 0.0543 e. The highest BCUT2D eigenvalue weighted by Crippen LogP contribution is 2.71. The summed E-state index contributed by atoms with van der Waals surface area (Å²) in [5, 5.41) is 0. The molecule has 6 aromatic carbocycles. The van der Waals surface area contributed by atoms with Crippen molar-refractivity contribution >= 4 is 17.1 Å². The van der Waals surface area contributed by atoms with Crippen molar-refractivity contribution in [2.75, 3.05) is 4.90 Å². The molecule has 6 aromatic rings. The van der Waals surface area contributed by atoms with E-state index in [1.807, 2.05) is 0 Å². The fourth-order valence-corrected chi connectivity index (χ4v) is 17.3. The Bertz CT molecular complexity index is 2790. The van der Waals surface area contributed by atoms with Crippen LogP contribution in [-0.2, 0) is 16.2 Å². The molecule has 0 amide bonds. The lowest BCUT2D eigenvalue weighted by atomic mass is 9.43. The number of nitrogens with zero attached hydrogens (tertiary/aromatic N) is 1. The Morgan fingerprint density at radius 2 is 1.05 bits per heavy atom. The van der Waals surface area contributed by atoms with Gasteiger partial charge in [0.15, 0.2) is 0 Å². The molecular formula is C60H59N. The number of hydrogen-bond acceptors (Lipinski definition) is 1. The van der Waals surface area contributed by atoms with E-state index < -0.39 is 0 Å². The van der Waals surface area contributed by atoms with E-state index in [1.165, 1.54) is 132 Å². The lowest BCUT2D eigenvalue weighted by Crippen LogP contribution is -2.55. The third-order valence-electron chi connectivity index (χ3n) is 19.2. The Morgan fingerprint density at radius 1 is 0.459 bits per heavy atom. The van der Waals surface area contributed by atoms with Gasteiger partial charge in [0, 0.05) is 33.2 Å². The van der Waals surface area contributed by atoms with Gasteiger partial charge in [-0.2, -0.15) is 0 Å². The SMILES string of the molecule is CCC1CC2CCCC(C2)C12c1ccccc1-c1c(N(c3ccc4c(c3)-c3ccccc3C4(C)C)c3ccc4c(c3)C3(c5ccccc5-4)C4CC5CC(C4)CC3C5)cccc12. The Balaban J connectivity index is 1.03. The van der Waals surface area contributed by atoms with Crippen LogP contribution in [0.1, 0.15) is 125 Å². The van der Waals surface area contributed by atoms with Crippen LogP contribution in [0.5, 0.6) is 0 Å². The Kier molecular flexibility index (Phi) is 7.25. The predicted molar refractivity (Wildman–Crippen MR) is 252 cm³/mol. The molecule has 304 valence electrons. The largest absolute Gasteiger partial charge is 0.310 e. The lowest BCUT2D eigenvalue weighted by molar-refractivity contribution is -0.0399. The summed E-state index contributed by atoms with van der Waals surface area (Å²) in [6.07, 6.45) is 15.2. The fraction of sp³-hybridized carbons (Fsp3) is 0.400. The first-order valence-corrected chi connectivity index (χ1v) is 24.4. The minimum atomic E-state index is -0.0339. The van der Waals surface area contributed by atoms with Gasteiger partial charge in [0.1, 0.15) is 0 Å². The fourth-order valence-electron chi connectivity index (χ4n) is 17.3. The number of benzene rings is 6. The first-order chi connectivity index (χ1) is 29.9. The molecule has 0 N–H and O–H groups in total. The van der Waals surface area contributed by atoms with Gasteiger partial charge in [-0.05, 0) is 184 Å². The van der Waals surface area contributed by atoms with Crippen LogP contribution >= 0.6 is 0 Å².